The van der Waals surface area contributed by atoms with E-state index >= 15 is 0 Å². The molecule has 0 aromatic rings. The molecule has 0 spiro atoms. The Morgan fingerprint density at radius 3 is 1.60 bits per heavy atom. The number of hydrogen-bond acceptors (Lipinski definition) is 6. The summed E-state index contributed by atoms with van der Waals surface area (Å²) < 4.78 is 32.0. The van der Waals surface area contributed by atoms with Gasteiger partial charge in [0.15, 0.2) is 22.0 Å². The molecule has 1 fully saturated rings. The maximum Gasteiger partial charge on any atom is 0.303 e. The molecule has 1 aliphatic rings. The zero-order valence-corrected chi connectivity index (χ0v) is 9.24. The molecule has 6 nitrogen and oxygen atoms in total. The van der Waals surface area contributed by atoms with Crippen LogP contribution in [0.15, 0.2) is 0 Å². The Morgan fingerprint density at radius 1 is 1.00 bits per heavy atom. The van der Waals surface area contributed by atoms with Gasteiger partial charge >= 0.3 is 11.9 Å². The summed E-state index contributed by atoms with van der Waals surface area (Å²) in [6.45, 7) is 2.35. The van der Waals surface area contributed by atoms with Gasteiger partial charge in [-0.1, -0.05) is 0 Å². The Morgan fingerprint density at radius 2 is 1.33 bits per heavy atom. The van der Waals surface area contributed by atoms with Crippen LogP contribution in [0.2, 0.25) is 0 Å². The zero-order valence-electron chi connectivity index (χ0n) is 8.43. The van der Waals surface area contributed by atoms with Gasteiger partial charge in [-0.25, -0.2) is 8.42 Å². The number of rotatable bonds is 2. The van der Waals surface area contributed by atoms with Gasteiger partial charge in [-0.3, -0.25) is 9.59 Å². The highest BCUT2D eigenvalue weighted by atomic mass is 32.2. The first-order valence-corrected chi connectivity index (χ1v) is 6.17. The monoisotopic (exact) mass is 236 g/mol. The van der Waals surface area contributed by atoms with Crippen molar-refractivity contribution >= 4 is 21.8 Å². The summed E-state index contributed by atoms with van der Waals surface area (Å²) in [6.07, 6.45) is -1.76. The topological polar surface area (TPSA) is 86.7 Å². The van der Waals surface area contributed by atoms with Crippen molar-refractivity contribution in [1.82, 2.24) is 0 Å². The second-order valence-electron chi connectivity index (χ2n) is 3.37. The van der Waals surface area contributed by atoms with Crippen LogP contribution in [0.1, 0.15) is 13.8 Å². The van der Waals surface area contributed by atoms with Crippen LogP contribution in [0.3, 0.4) is 0 Å². The number of ether oxygens (including phenoxy) is 2. The smallest absolute Gasteiger partial charge is 0.303 e. The molecule has 0 unspecified atom stereocenters. The van der Waals surface area contributed by atoms with Crippen LogP contribution in [0.4, 0.5) is 0 Å². The Labute approximate surface area is 87.5 Å². The van der Waals surface area contributed by atoms with E-state index in [9.17, 15) is 18.0 Å². The number of esters is 2. The highest BCUT2D eigenvalue weighted by Crippen LogP contribution is 2.19. The summed E-state index contributed by atoms with van der Waals surface area (Å²) in [5.41, 5.74) is 0. The molecule has 1 saturated heterocycles. The van der Waals surface area contributed by atoms with Crippen LogP contribution < -0.4 is 0 Å². The maximum atomic E-state index is 11.2. The van der Waals surface area contributed by atoms with E-state index in [-0.39, 0.29) is 11.5 Å². The Bertz CT molecular complexity index is 341. The number of carbonyl (C=O) groups excluding carboxylic acids is 2. The second-order valence-corrected chi connectivity index (χ2v) is 5.53. The van der Waals surface area contributed by atoms with Gasteiger partial charge < -0.3 is 9.47 Å². The van der Waals surface area contributed by atoms with Crippen LogP contribution >= 0.6 is 0 Å². The fourth-order valence-corrected chi connectivity index (χ4v) is 3.13. The van der Waals surface area contributed by atoms with Crippen molar-refractivity contribution in [2.75, 3.05) is 11.5 Å². The van der Waals surface area contributed by atoms with Gasteiger partial charge in [0.05, 0.1) is 11.5 Å². The fourth-order valence-electron chi connectivity index (χ4n) is 1.43. The molecule has 86 valence electrons. The highest BCUT2D eigenvalue weighted by molar-refractivity contribution is 7.91. The van der Waals surface area contributed by atoms with Crippen molar-refractivity contribution in [1.29, 1.82) is 0 Å². The molecule has 0 aromatic heterocycles. The zero-order chi connectivity index (χ0) is 11.6. The third-order valence-electron chi connectivity index (χ3n) is 1.89. The minimum Gasteiger partial charge on any atom is -0.457 e. The van der Waals surface area contributed by atoms with Crippen molar-refractivity contribution < 1.29 is 27.5 Å². The summed E-state index contributed by atoms with van der Waals surface area (Å²) >= 11 is 0. The molecule has 1 heterocycles. The lowest BCUT2D eigenvalue weighted by atomic mass is 10.2. The van der Waals surface area contributed by atoms with Crippen LogP contribution in [-0.4, -0.2) is 44.1 Å². The van der Waals surface area contributed by atoms with Crippen LogP contribution in [0.5, 0.6) is 0 Å². The molecule has 7 heteroatoms. The summed E-state index contributed by atoms with van der Waals surface area (Å²) in [7, 11) is -3.29. The molecule has 0 saturated carbocycles. The molecule has 0 N–H and O–H groups in total. The van der Waals surface area contributed by atoms with Crippen molar-refractivity contribution in [3.63, 3.8) is 0 Å². The summed E-state index contributed by atoms with van der Waals surface area (Å²) in [5.74, 6) is -1.75. The molecule has 0 amide bonds. The molecule has 1 rings (SSSR count). The van der Waals surface area contributed by atoms with Gasteiger partial charge in [0.25, 0.3) is 0 Å². The molecular weight excluding hydrogens is 224 g/mol. The first-order valence-electron chi connectivity index (χ1n) is 4.35. The predicted octanol–water partition coefficient (Wildman–Crippen LogP) is -0.722. The fraction of sp³-hybridized carbons (Fsp3) is 0.750. The van der Waals surface area contributed by atoms with Crippen LogP contribution in [-0.2, 0) is 28.9 Å². The molecular formula is C8H12O6S. The molecule has 15 heavy (non-hydrogen) atoms. The first kappa shape index (κ1) is 12.0. The summed E-state index contributed by atoms with van der Waals surface area (Å²) in [6, 6.07) is 0. The van der Waals surface area contributed by atoms with E-state index in [2.05, 4.69) is 0 Å². The third kappa shape index (κ3) is 3.50. The summed E-state index contributed by atoms with van der Waals surface area (Å²) in [5, 5.41) is 0. The number of hydrogen-bond donors (Lipinski definition) is 0. The van der Waals surface area contributed by atoms with E-state index < -0.39 is 34.0 Å². The van der Waals surface area contributed by atoms with Crippen molar-refractivity contribution in [2.24, 2.45) is 0 Å². The largest absolute Gasteiger partial charge is 0.457 e. The van der Waals surface area contributed by atoms with E-state index in [4.69, 9.17) is 9.47 Å². The van der Waals surface area contributed by atoms with Crippen molar-refractivity contribution in [3.05, 3.63) is 0 Å². The van der Waals surface area contributed by atoms with Gasteiger partial charge in [-0.2, -0.15) is 0 Å². The van der Waals surface area contributed by atoms with Gasteiger partial charge in [-0.15, -0.1) is 0 Å². The molecule has 0 aliphatic carbocycles. The minimum absolute atomic E-state index is 0.287. The molecule has 0 radical (unpaired) electrons. The number of sulfone groups is 1. The van der Waals surface area contributed by atoms with Gasteiger partial charge in [0.2, 0.25) is 0 Å². The van der Waals surface area contributed by atoms with E-state index in [0.29, 0.717) is 0 Å². The first-order chi connectivity index (χ1) is 6.80. The average molecular weight is 236 g/mol. The van der Waals surface area contributed by atoms with E-state index in [1.807, 2.05) is 0 Å². The quantitative estimate of drug-likeness (QED) is 0.588. The normalized spacial score (nSPS) is 28.4. The van der Waals surface area contributed by atoms with E-state index in [1.54, 1.807) is 0 Å². The van der Waals surface area contributed by atoms with Crippen LogP contribution in [0, 0.1) is 0 Å². The van der Waals surface area contributed by atoms with Gasteiger partial charge in [0.1, 0.15) is 0 Å². The van der Waals surface area contributed by atoms with Gasteiger partial charge in [0, 0.05) is 13.8 Å². The Hall–Kier alpha value is -1.11. The molecule has 2 atom stereocenters. The molecule has 0 aromatic carbocycles. The molecule has 0 bridgehead atoms. The second kappa shape index (κ2) is 4.18. The van der Waals surface area contributed by atoms with E-state index in [0.717, 1.165) is 0 Å². The lowest BCUT2D eigenvalue weighted by Crippen LogP contribution is -2.32. The maximum absolute atomic E-state index is 11.2. The SMILES string of the molecule is CC(=O)O[C@@H]1CS(=O)(=O)C[C@H]1OC(C)=O. The molecule has 1 aliphatic heterocycles. The minimum atomic E-state index is -3.29. The van der Waals surface area contributed by atoms with Crippen LogP contribution in [0.25, 0.3) is 0 Å². The highest BCUT2D eigenvalue weighted by Gasteiger charge is 2.42. The van der Waals surface area contributed by atoms with Gasteiger partial charge in [-0.05, 0) is 0 Å². The lowest BCUT2D eigenvalue weighted by Gasteiger charge is -2.17. The third-order valence-corrected chi connectivity index (χ3v) is 3.56. The van der Waals surface area contributed by atoms with Crippen molar-refractivity contribution in [2.45, 2.75) is 26.1 Å². The Kier molecular flexibility index (Phi) is 3.33. The summed E-state index contributed by atoms with van der Waals surface area (Å²) in [4.78, 5) is 21.4. The van der Waals surface area contributed by atoms with Crippen molar-refractivity contribution in [3.8, 4) is 0 Å². The Balaban J connectivity index is 2.74. The standard InChI is InChI=1S/C8H12O6S/c1-5(9)13-7-3-15(11,12)4-8(7)14-6(2)10/h7-8H,3-4H2,1-2H3/t7-,8-/m1/s1. The van der Waals surface area contributed by atoms with E-state index in [1.165, 1.54) is 13.8 Å². The average Bonchev–Trinajstić information content (AvgIpc) is 2.22. The number of carbonyl (C=O) groups is 2. The lowest BCUT2D eigenvalue weighted by molar-refractivity contribution is -0.160. The predicted molar refractivity (Wildman–Crippen MR) is 49.8 cm³/mol.